The molecule has 0 aliphatic carbocycles. The maximum atomic E-state index is 5.24. The van der Waals surface area contributed by atoms with Crippen molar-refractivity contribution in [1.82, 2.24) is 33.1 Å². The molecular formula is C130H107N16Pt3-9. The number of nitrogens with zero attached hydrogens (tertiary/aromatic N) is 16. The predicted octanol–water partition coefficient (Wildman–Crippen LogP) is 32.6. The second-order valence-corrected chi connectivity index (χ2v) is 39.3. The van der Waals surface area contributed by atoms with Gasteiger partial charge in [0.1, 0.15) is 5.82 Å². The van der Waals surface area contributed by atoms with Crippen molar-refractivity contribution in [2.24, 2.45) is 11.8 Å². The van der Waals surface area contributed by atoms with Crippen LogP contribution >= 0.6 is 0 Å². The summed E-state index contributed by atoms with van der Waals surface area (Å²) in [6, 6.07) is 147. The smallest absolute Gasteiger partial charge is 0.124 e. The van der Waals surface area contributed by atoms with Crippen molar-refractivity contribution in [3.63, 3.8) is 0 Å². The van der Waals surface area contributed by atoms with Gasteiger partial charge in [0.25, 0.3) is 0 Å². The molecule has 0 atom stereocenters. The molecule has 19 heteroatoms. The molecule has 0 unspecified atom stereocenters. The third kappa shape index (κ3) is 18.3. The monoisotopic (exact) mass is 2480 g/mol. The molecule has 0 amide bonds. The van der Waals surface area contributed by atoms with E-state index in [1.165, 1.54) is 49.5 Å². The average Bonchev–Trinajstić information content (AvgIpc) is 1.61. The third-order valence-electron chi connectivity index (χ3n) is 28.2. The van der Waals surface area contributed by atoms with E-state index in [2.05, 4.69) is 534 Å². The van der Waals surface area contributed by atoms with Gasteiger partial charge in [-0.05, 0) is 204 Å². The molecule has 149 heavy (non-hydrogen) atoms. The van der Waals surface area contributed by atoms with Crippen LogP contribution in [0, 0.1) is 68.2 Å². The Morgan fingerprint density at radius 1 is 0.282 bits per heavy atom. The minimum absolute atomic E-state index is 0. The Balaban J connectivity index is 0.000000131. The van der Waals surface area contributed by atoms with Gasteiger partial charge in [0.15, 0.2) is 0 Å². The van der Waals surface area contributed by atoms with E-state index < -0.39 is 0 Å². The summed E-state index contributed by atoms with van der Waals surface area (Å²) in [6.45, 7) is 24.6. The first-order valence-corrected chi connectivity index (χ1v) is 50.3. The summed E-state index contributed by atoms with van der Waals surface area (Å²) < 4.78 is 6.89. The Morgan fingerprint density at radius 2 is 0.631 bits per heavy atom. The van der Waals surface area contributed by atoms with Crippen LogP contribution in [0.15, 0.2) is 383 Å². The largest absolute Gasteiger partial charge is 0.504 e. The molecule has 0 N–H and O–H groups in total. The third-order valence-corrected chi connectivity index (χ3v) is 28.2. The maximum Gasteiger partial charge on any atom is 0.124 e. The molecule has 10 heterocycles. The zero-order valence-corrected chi connectivity index (χ0v) is 91.2. The van der Waals surface area contributed by atoms with Crippen LogP contribution in [0.25, 0.3) is 104 Å². The molecule has 26 rings (SSSR count). The van der Waals surface area contributed by atoms with Crippen LogP contribution in [0.2, 0.25) is 0 Å². The molecule has 16 aromatic carbocycles. The average molecular weight is 2480 g/mol. The van der Waals surface area contributed by atoms with Gasteiger partial charge in [0, 0.05) is 167 Å². The van der Waals surface area contributed by atoms with E-state index in [0.717, 1.165) is 193 Å². The van der Waals surface area contributed by atoms with Gasteiger partial charge >= 0.3 is 0 Å². The molecule has 3 aliphatic rings. The molecule has 16 nitrogen and oxygen atoms in total. The first-order valence-electron chi connectivity index (χ1n) is 50.3. The van der Waals surface area contributed by atoms with Crippen LogP contribution in [-0.4, -0.2) is 54.3 Å². The van der Waals surface area contributed by atoms with Gasteiger partial charge < -0.3 is 57.3 Å². The van der Waals surface area contributed by atoms with Crippen LogP contribution in [-0.2, 0) is 76.0 Å². The van der Waals surface area contributed by atoms with Gasteiger partial charge in [-0.1, -0.05) is 275 Å². The summed E-state index contributed by atoms with van der Waals surface area (Å²) >= 11 is 0. The number of hydrogen-bond acceptors (Lipinski definition) is 13. The molecule has 7 aromatic heterocycles. The molecule has 0 spiro atoms. The van der Waals surface area contributed by atoms with Crippen molar-refractivity contribution in [3.05, 3.63) is 461 Å². The Labute approximate surface area is 914 Å². The molecule has 3 aliphatic heterocycles. The van der Waals surface area contributed by atoms with Crippen molar-refractivity contribution in [3.8, 4) is 22.5 Å². The van der Waals surface area contributed by atoms with E-state index in [0.29, 0.717) is 23.7 Å². The number of para-hydroxylation sites is 10. The van der Waals surface area contributed by atoms with Crippen LogP contribution in [0.5, 0.6) is 0 Å². The Bertz CT molecular complexity index is 8850. The molecule has 0 radical (unpaired) electrons. The van der Waals surface area contributed by atoms with Crippen LogP contribution < -0.4 is 44.1 Å². The molecule has 0 fully saturated rings. The Morgan fingerprint density at radius 3 is 1.07 bits per heavy atom. The Hall–Kier alpha value is -15.4. The Kier molecular flexibility index (Phi) is 28.1. The van der Waals surface area contributed by atoms with Crippen molar-refractivity contribution >= 4 is 184 Å². The van der Waals surface area contributed by atoms with Crippen LogP contribution in [0.1, 0.15) is 89.5 Å². The standard InChI is InChI=1S/C49H44N5.C47H40N5.C34H23N6.3Pt/c1-33(2)27-35-15-13-16-36(28-34(3)4)48(35)47-31-50-49-43-30-40(25-26-41(43)42-21-9-10-22-44(42)54(47)49)53(37-17-7-6-8-18-37)39-20-14-19-38(29-39)52-32-51(5)45-23-11-12-24-46(45)52;1-31(2)37-20-14-21-38(32(3)4)46(37)45-29-48-47-41-28-36(25-26-39(41)40-19-9-10-22-42(40)52(45)47)51(33-15-7-6-8-16-33)35-18-13-17-34(27-35)50-30-49(5)43-23-11-12-24-44(43)50;1-37-23-39(34-32(37)15-8-18-35-34)25-11-7-12-26(21-25)40(24-9-3-2-4-10-24)27-16-17-28-29-13-5-6-14-31(29)38-20-19-36-33(38)30(28)22-27;;;/h6-26,31-34H,27-28H2,1-5H3;6-26,29-32H,1-5H3;2-20,23H,1H3;;;/q3*-3;;;. The van der Waals surface area contributed by atoms with E-state index in [4.69, 9.17) is 15.0 Å². The number of hydrogen-bond donors (Lipinski definition) is 0. The predicted molar refractivity (Wildman–Crippen MR) is 605 cm³/mol. The van der Waals surface area contributed by atoms with Gasteiger partial charge in [0.05, 0.1) is 28.3 Å². The summed E-state index contributed by atoms with van der Waals surface area (Å²) in [5.41, 5.74) is 33.5. The van der Waals surface area contributed by atoms with Crippen LogP contribution in [0.3, 0.4) is 0 Å². The summed E-state index contributed by atoms with van der Waals surface area (Å²) in [5.74, 6) is 2.67. The topological polar surface area (TPSA) is 94.0 Å². The van der Waals surface area contributed by atoms with Crippen molar-refractivity contribution in [2.45, 2.75) is 80.1 Å². The molecule has 746 valence electrons. The van der Waals surface area contributed by atoms with Crippen LogP contribution in [0.4, 0.5) is 103 Å². The fourth-order valence-corrected chi connectivity index (χ4v) is 21.7. The number of benzene rings is 16. The van der Waals surface area contributed by atoms with E-state index in [-0.39, 0.29) is 63.2 Å². The number of aromatic nitrogens is 7. The minimum Gasteiger partial charge on any atom is -0.504 e. The first-order chi connectivity index (χ1) is 71.5. The summed E-state index contributed by atoms with van der Waals surface area (Å²) in [4.78, 5) is 39.4. The second-order valence-electron chi connectivity index (χ2n) is 39.3. The number of rotatable bonds is 20. The van der Waals surface area contributed by atoms with E-state index in [1.807, 2.05) is 44.4 Å². The van der Waals surface area contributed by atoms with E-state index in [1.54, 1.807) is 0 Å². The van der Waals surface area contributed by atoms with Crippen molar-refractivity contribution < 1.29 is 63.2 Å². The number of anilines is 18. The summed E-state index contributed by atoms with van der Waals surface area (Å²) in [7, 11) is 6.20. The zero-order chi connectivity index (χ0) is 99.1. The number of pyridine rings is 4. The second kappa shape index (κ2) is 42.1. The SMILES string of the molecule is CC(C)Cc1cccc(CC(C)C)c1-c1cnc2c3[c-]c(N(c4[c-]c(N5[CH-]N(C)c6ccccc65)ccc4)c4ccccc4)ccc3c3ccccc3n12.CC(C)c1cccc(C(C)C)c1-c1cnc2c3[c-]c(N(c4[c-]c(N5[CH-]N(C)c6ccccc65)ccc4)c4ccccc4)ccc3c3ccccc3n12.CN1[CH-]N(c2[c-]c(N(c3[c-]c4c(cc3)c3ccccc3n3ccnc43)c3ccccc3)ccc2)c2ncccc21.[Pt].[Pt].[Pt]. The van der Waals surface area contributed by atoms with Gasteiger partial charge in [-0.15, -0.1) is 126 Å². The van der Waals surface area contributed by atoms with Crippen molar-refractivity contribution in [1.29, 1.82) is 0 Å². The number of imidazole rings is 3. The molecule has 0 bridgehead atoms. The van der Waals surface area contributed by atoms with Crippen molar-refractivity contribution in [2.75, 3.05) is 65.2 Å². The normalized spacial score (nSPS) is 12.6. The molecule has 23 aromatic rings. The maximum absolute atomic E-state index is 5.24. The van der Waals surface area contributed by atoms with E-state index >= 15 is 0 Å². The van der Waals surface area contributed by atoms with Gasteiger partial charge in [0.2, 0.25) is 0 Å². The number of fused-ring (bicyclic) bond motifs is 21. The summed E-state index contributed by atoms with van der Waals surface area (Å²) in [5, 5.41) is 9.86. The summed E-state index contributed by atoms with van der Waals surface area (Å²) in [6.07, 6.45) is 11.9. The van der Waals surface area contributed by atoms with Gasteiger partial charge in [-0.2, -0.15) is 38.2 Å². The molecular weight excluding hydrogens is 2370 g/mol. The first kappa shape index (κ1) is 99.5. The fraction of sp³-hybridized carbons (Fsp3) is 0.131. The van der Waals surface area contributed by atoms with Gasteiger partial charge in [-0.3, -0.25) is 15.0 Å². The molecule has 0 saturated heterocycles. The minimum atomic E-state index is 0. The van der Waals surface area contributed by atoms with Gasteiger partial charge in [-0.25, -0.2) is 4.98 Å². The zero-order valence-electron chi connectivity index (χ0n) is 84.4. The van der Waals surface area contributed by atoms with E-state index in [9.17, 15) is 0 Å². The quantitative estimate of drug-likeness (QED) is 0.0536. The molecule has 0 saturated carbocycles. The fourth-order valence-electron chi connectivity index (χ4n) is 21.7.